The zero-order valence-corrected chi connectivity index (χ0v) is 12.9. The van der Waals surface area contributed by atoms with Gasteiger partial charge in [-0.2, -0.15) is 5.10 Å². The van der Waals surface area contributed by atoms with Crippen LogP contribution in [0.25, 0.3) is 11.3 Å². The van der Waals surface area contributed by atoms with E-state index in [4.69, 9.17) is 21.1 Å². The predicted octanol–water partition coefficient (Wildman–Crippen LogP) is 2.78. The van der Waals surface area contributed by atoms with E-state index in [0.717, 1.165) is 30.8 Å². The normalized spacial score (nSPS) is 13.9. The van der Waals surface area contributed by atoms with Crippen molar-refractivity contribution in [1.82, 2.24) is 15.5 Å². The fourth-order valence-corrected chi connectivity index (χ4v) is 2.87. The average molecular weight is 308 g/mol. The van der Waals surface area contributed by atoms with Crippen molar-refractivity contribution < 1.29 is 9.47 Å². The van der Waals surface area contributed by atoms with Gasteiger partial charge in [0.05, 0.1) is 24.4 Å². The second kappa shape index (κ2) is 5.95. The maximum absolute atomic E-state index is 6.33. The molecule has 0 spiro atoms. The summed E-state index contributed by atoms with van der Waals surface area (Å²) in [5, 5.41) is 11.5. The molecule has 2 heterocycles. The number of ether oxygens (including phenoxy) is 2. The first-order chi connectivity index (χ1) is 10.2. The Labute approximate surface area is 128 Å². The number of benzene rings is 1. The smallest absolute Gasteiger partial charge is 0.179 e. The maximum atomic E-state index is 6.33. The summed E-state index contributed by atoms with van der Waals surface area (Å²) in [5.74, 6) is 1.20. The highest BCUT2D eigenvalue weighted by Gasteiger charge is 2.20. The minimum atomic E-state index is 0.534. The Kier molecular flexibility index (Phi) is 4.03. The van der Waals surface area contributed by atoms with Gasteiger partial charge in [0.2, 0.25) is 0 Å². The van der Waals surface area contributed by atoms with Crippen LogP contribution in [0.5, 0.6) is 11.5 Å². The number of H-pyrrole nitrogens is 1. The fraction of sp³-hybridized carbons (Fsp3) is 0.400. The van der Waals surface area contributed by atoms with Gasteiger partial charge >= 0.3 is 0 Å². The number of fused-ring (bicyclic) bond motifs is 1. The molecule has 1 aliphatic heterocycles. The molecule has 21 heavy (non-hydrogen) atoms. The third-order valence-corrected chi connectivity index (χ3v) is 3.88. The molecule has 0 aliphatic carbocycles. The second-order valence-corrected chi connectivity index (χ2v) is 5.29. The molecule has 2 aromatic rings. The highest BCUT2D eigenvalue weighted by molar-refractivity contribution is 6.32. The molecule has 0 radical (unpaired) electrons. The number of aromatic nitrogens is 2. The van der Waals surface area contributed by atoms with Crippen LogP contribution >= 0.6 is 11.6 Å². The molecule has 1 aliphatic rings. The van der Waals surface area contributed by atoms with Crippen LogP contribution in [0.1, 0.15) is 18.2 Å². The molecule has 0 saturated carbocycles. The van der Waals surface area contributed by atoms with Gasteiger partial charge in [-0.25, -0.2) is 0 Å². The van der Waals surface area contributed by atoms with Crippen molar-refractivity contribution in [3.63, 3.8) is 0 Å². The Morgan fingerprint density at radius 1 is 1.38 bits per heavy atom. The predicted molar refractivity (Wildman–Crippen MR) is 82.2 cm³/mol. The molecule has 1 aromatic carbocycles. The number of halogens is 1. The summed E-state index contributed by atoms with van der Waals surface area (Å²) in [7, 11) is 1.61. The molecule has 3 rings (SSSR count). The minimum absolute atomic E-state index is 0.534. The molecule has 112 valence electrons. The van der Waals surface area contributed by atoms with Crippen LogP contribution in [0.15, 0.2) is 12.1 Å². The number of rotatable bonds is 4. The van der Waals surface area contributed by atoms with Gasteiger partial charge in [-0.05, 0) is 19.1 Å². The fourth-order valence-electron chi connectivity index (χ4n) is 2.60. The number of nitrogens with zero attached hydrogens (tertiary/aromatic N) is 1. The SMILES string of the molecule is CCOc1c(Cl)cc(-c2n[nH]c3c2CNCC3)cc1OC. The maximum Gasteiger partial charge on any atom is 0.179 e. The lowest BCUT2D eigenvalue weighted by Crippen LogP contribution is -2.23. The molecule has 0 unspecified atom stereocenters. The zero-order valence-electron chi connectivity index (χ0n) is 12.1. The third kappa shape index (κ3) is 2.59. The van der Waals surface area contributed by atoms with Gasteiger partial charge in [0.15, 0.2) is 11.5 Å². The molecular weight excluding hydrogens is 290 g/mol. The van der Waals surface area contributed by atoms with Crippen molar-refractivity contribution in [3.8, 4) is 22.8 Å². The Morgan fingerprint density at radius 3 is 3.00 bits per heavy atom. The molecule has 0 fully saturated rings. The lowest BCUT2D eigenvalue weighted by atomic mass is 10.0. The van der Waals surface area contributed by atoms with Crippen molar-refractivity contribution in [2.24, 2.45) is 0 Å². The number of hydrogen-bond donors (Lipinski definition) is 2. The lowest BCUT2D eigenvalue weighted by molar-refractivity contribution is 0.311. The zero-order chi connectivity index (χ0) is 14.8. The first-order valence-electron chi connectivity index (χ1n) is 7.02. The van der Waals surface area contributed by atoms with Crippen molar-refractivity contribution in [2.75, 3.05) is 20.3 Å². The first kappa shape index (κ1) is 14.2. The summed E-state index contributed by atoms with van der Waals surface area (Å²) in [6.07, 6.45) is 0.963. The van der Waals surface area contributed by atoms with E-state index in [1.165, 1.54) is 11.3 Å². The molecule has 2 N–H and O–H groups in total. The van der Waals surface area contributed by atoms with Gasteiger partial charge in [0, 0.05) is 36.3 Å². The first-order valence-corrected chi connectivity index (χ1v) is 7.40. The molecule has 0 atom stereocenters. The van der Waals surface area contributed by atoms with Gasteiger partial charge in [0.25, 0.3) is 0 Å². The Balaban J connectivity index is 2.07. The van der Waals surface area contributed by atoms with E-state index in [1.807, 2.05) is 19.1 Å². The summed E-state index contributed by atoms with van der Waals surface area (Å²) in [4.78, 5) is 0. The van der Waals surface area contributed by atoms with Gasteiger partial charge in [-0.15, -0.1) is 0 Å². The Morgan fingerprint density at radius 2 is 2.24 bits per heavy atom. The van der Waals surface area contributed by atoms with Crippen LogP contribution in [0, 0.1) is 0 Å². The van der Waals surface area contributed by atoms with Crippen LogP contribution in [-0.4, -0.2) is 30.5 Å². The number of aromatic amines is 1. The summed E-state index contributed by atoms with van der Waals surface area (Å²) in [5.41, 5.74) is 4.23. The topological polar surface area (TPSA) is 59.2 Å². The molecule has 5 nitrogen and oxygen atoms in total. The number of methoxy groups -OCH3 is 1. The van der Waals surface area contributed by atoms with E-state index in [1.54, 1.807) is 7.11 Å². The summed E-state index contributed by atoms with van der Waals surface area (Å²) >= 11 is 6.33. The minimum Gasteiger partial charge on any atom is -0.493 e. The lowest BCUT2D eigenvalue weighted by Gasteiger charge is -2.15. The van der Waals surface area contributed by atoms with Gasteiger partial charge < -0.3 is 14.8 Å². The van der Waals surface area contributed by atoms with Crippen LogP contribution in [0.4, 0.5) is 0 Å². The van der Waals surface area contributed by atoms with Crippen LogP contribution in [0.2, 0.25) is 5.02 Å². The average Bonchev–Trinajstić information content (AvgIpc) is 2.93. The third-order valence-electron chi connectivity index (χ3n) is 3.60. The van der Waals surface area contributed by atoms with E-state index < -0.39 is 0 Å². The highest BCUT2D eigenvalue weighted by Crippen LogP contribution is 2.40. The van der Waals surface area contributed by atoms with Crippen molar-refractivity contribution in [1.29, 1.82) is 0 Å². The molecule has 0 amide bonds. The molecule has 0 bridgehead atoms. The molecule has 1 aromatic heterocycles. The summed E-state index contributed by atoms with van der Waals surface area (Å²) in [6, 6.07) is 3.79. The van der Waals surface area contributed by atoms with Crippen LogP contribution in [-0.2, 0) is 13.0 Å². The summed E-state index contributed by atoms with van der Waals surface area (Å²) in [6.45, 7) is 4.24. The highest BCUT2D eigenvalue weighted by atomic mass is 35.5. The molecule has 0 saturated heterocycles. The van der Waals surface area contributed by atoms with Crippen LogP contribution in [0.3, 0.4) is 0 Å². The standard InChI is InChI=1S/C15H18ClN3O2/c1-3-21-15-11(16)6-9(7-13(15)20-2)14-10-8-17-5-4-12(10)18-19-14/h6-7,17H,3-5,8H2,1-2H3,(H,18,19). The van der Waals surface area contributed by atoms with E-state index in [-0.39, 0.29) is 0 Å². The molecule has 6 heteroatoms. The number of hydrogen-bond acceptors (Lipinski definition) is 4. The van der Waals surface area contributed by atoms with E-state index in [0.29, 0.717) is 23.1 Å². The summed E-state index contributed by atoms with van der Waals surface area (Å²) < 4.78 is 10.9. The van der Waals surface area contributed by atoms with Crippen molar-refractivity contribution >= 4 is 11.6 Å². The number of nitrogens with one attached hydrogen (secondary N) is 2. The largest absolute Gasteiger partial charge is 0.493 e. The van der Waals surface area contributed by atoms with Crippen LogP contribution < -0.4 is 14.8 Å². The Hall–Kier alpha value is -1.72. The Bertz CT molecular complexity index is 655. The quantitative estimate of drug-likeness (QED) is 0.912. The van der Waals surface area contributed by atoms with Gasteiger partial charge in [-0.1, -0.05) is 11.6 Å². The van der Waals surface area contributed by atoms with E-state index >= 15 is 0 Å². The molecular formula is C15H18ClN3O2. The van der Waals surface area contributed by atoms with Crippen molar-refractivity contribution in [2.45, 2.75) is 19.9 Å². The monoisotopic (exact) mass is 307 g/mol. The van der Waals surface area contributed by atoms with E-state index in [9.17, 15) is 0 Å². The van der Waals surface area contributed by atoms with Crippen molar-refractivity contribution in [3.05, 3.63) is 28.4 Å². The van der Waals surface area contributed by atoms with E-state index in [2.05, 4.69) is 15.5 Å². The van der Waals surface area contributed by atoms with Gasteiger partial charge in [-0.3, -0.25) is 5.10 Å². The second-order valence-electron chi connectivity index (χ2n) is 4.88. The van der Waals surface area contributed by atoms with Gasteiger partial charge in [0.1, 0.15) is 0 Å².